The molecular formula is C46H30N4. The van der Waals surface area contributed by atoms with E-state index in [1.807, 2.05) is 36.4 Å². The number of benzene rings is 7. The van der Waals surface area contributed by atoms with E-state index in [-0.39, 0.29) is 0 Å². The van der Waals surface area contributed by atoms with Crippen molar-refractivity contribution in [2.45, 2.75) is 0 Å². The molecule has 0 N–H and O–H groups in total. The fourth-order valence-electron chi connectivity index (χ4n) is 7.35. The van der Waals surface area contributed by atoms with Gasteiger partial charge in [0.2, 0.25) is 0 Å². The smallest absolute Gasteiger partial charge is 0.160 e. The van der Waals surface area contributed by atoms with Crippen molar-refractivity contribution in [2.75, 3.05) is 0 Å². The Morgan fingerprint density at radius 1 is 0.380 bits per heavy atom. The van der Waals surface area contributed by atoms with Crippen molar-refractivity contribution in [2.24, 2.45) is 0 Å². The lowest BCUT2D eigenvalue weighted by Crippen LogP contribution is -1.98. The van der Waals surface area contributed by atoms with Crippen LogP contribution in [0.2, 0.25) is 0 Å². The van der Waals surface area contributed by atoms with Gasteiger partial charge in [-0.05, 0) is 72.1 Å². The first-order valence-corrected chi connectivity index (χ1v) is 16.9. The summed E-state index contributed by atoms with van der Waals surface area (Å²) in [6, 6.07) is 62.1. The van der Waals surface area contributed by atoms with Crippen LogP contribution in [0.15, 0.2) is 182 Å². The summed E-state index contributed by atoms with van der Waals surface area (Å²) in [4.78, 5) is 10.1. The molecule has 50 heavy (non-hydrogen) atoms. The van der Waals surface area contributed by atoms with Gasteiger partial charge >= 0.3 is 0 Å². The van der Waals surface area contributed by atoms with Crippen LogP contribution in [0.1, 0.15) is 0 Å². The quantitative estimate of drug-likeness (QED) is 0.188. The zero-order valence-electron chi connectivity index (χ0n) is 27.1. The number of para-hydroxylation sites is 2. The summed E-state index contributed by atoms with van der Waals surface area (Å²) in [5, 5.41) is 6.13. The van der Waals surface area contributed by atoms with Gasteiger partial charge in [-0.15, -0.1) is 0 Å². The molecule has 0 radical (unpaired) electrons. The van der Waals surface area contributed by atoms with Crippen LogP contribution in [0.5, 0.6) is 0 Å². The minimum atomic E-state index is 0.702. The van der Waals surface area contributed by atoms with Crippen molar-refractivity contribution in [3.63, 3.8) is 0 Å². The Hall–Kier alpha value is -6.78. The van der Waals surface area contributed by atoms with Crippen molar-refractivity contribution < 1.29 is 0 Å². The number of fused-ring (bicyclic) bond motifs is 6. The van der Waals surface area contributed by atoms with Crippen molar-refractivity contribution in [1.29, 1.82) is 0 Å². The molecule has 0 atom stereocenters. The van der Waals surface area contributed by atoms with E-state index in [0.29, 0.717) is 5.82 Å². The first-order valence-electron chi connectivity index (χ1n) is 16.9. The Bertz CT molecular complexity index is 2770. The Morgan fingerprint density at radius 3 is 1.72 bits per heavy atom. The van der Waals surface area contributed by atoms with Crippen molar-refractivity contribution in [3.05, 3.63) is 182 Å². The normalized spacial score (nSPS) is 11.6. The second-order valence-electron chi connectivity index (χ2n) is 12.7. The molecule has 10 aromatic rings. The molecule has 0 fully saturated rings. The van der Waals surface area contributed by atoms with Crippen molar-refractivity contribution in [1.82, 2.24) is 19.1 Å². The summed E-state index contributed by atoms with van der Waals surface area (Å²) >= 11 is 0. The largest absolute Gasteiger partial charge is 0.317 e. The third-order valence-electron chi connectivity index (χ3n) is 9.74. The number of hydrogen-bond acceptors (Lipinski definition) is 2. The highest BCUT2D eigenvalue weighted by atomic mass is 15.0. The third-order valence-corrected chi connectivity index (χ3v) is 9.74. The van der Waals surface area contributed by atoms with Crippen LogP contribution >= 0.6 is 0 Å². The van der Waals surface area contributed by atoms with Gasteiger partial charge in [0.1, 0.15) is 0 Å². The number of rotatable bonds is 5. The number of nitrogens with zero attached hydrogens (tertiary/aromatic N) is 4. The first kappa shape index (κ1) is 28.3. The topological polar surface area (TPSA) is 35.6 Å². The van der Waals surface area contributed by atoms with Crippen molar-refractivity contribution >= 4 is 43.5 Å². The average molecular weight is 639 g/mol. The minimum absolute atomic E-state index is 0.702. The lowest BCUT2D eigenvalue weighted by atomic mass is 10.0. The fraction of sp³-hybridized carbons (Fsp3) is 0. The van der Waals surface area contributed by atoms with Gasteiger partial charge in [0, 0.05) is 55.8 Å². The lowest BCUT2D eigenvalue weighted by Gasteiger charge is -2.13. The maximum Gasteiger partial charge on any atom is 0.160 e. The molecule has 0 aliphatic heterocycles. The molecule has 0 amide bonds. The van der Waals surface area contributed by atoms with E-state index < -0.39 is 0 Å². The van der Waals surface area contributed by atoms with Gasteiger partial charge in [-0.3, -0.25) is 0 Å². The summed E-state index contributed by atoms with van der Waals surface area (Å²) in [7, 11) is 0. The first-order chi connectivity index (χ1) is 24.8. The molecule has 0 saturated heterocycles. The minimum Gasteiger partial charge on any atom is -0.317 e. The predicted molar refractivity (Wildman–Crippen MR) is 207 cm³/mol. The standard InChI is InChI=1S/C46H30N4/c1-4-12-31(13-5-1)41-30-42(32-14-6-2-7-15-32)48-46(47-41)33-20-23-37(24-21-33)50-43-19-11-10-18-38(43)39-25-22-34-28-35-26-27-49(36-16-8-3-9-17-36)44(35)29-40(34)45(39)50/h1-30H. The van der Waals surface area contributed by atoms with Crippen LogP contribution in [0, 0.1) is 0 Å². The van der Waals surface area contributed by atoms with Gasteiger partial charge in [-0.1, -0.05) is 109 Å². The Labute approximate surface area is 289 Å². The molecule has 0 unspecified atom stereocenters. The van der Waals surface area contributed by atoms with Crippen LogP contribution in [0.4, 0.5) is 0 Å². The highest BCUT2D eigenvalue weighted by Gasteiger charge is 2.17. The molecule has 0 aliphatic rings. The maximum atomic E-state index is 5.07. The lowest BCUT2D eigenvalue weighted by molar-refractivity contribution is 1.13. The SMILES string of the molecule is c1ccc(-c2cc(-c3ccccc3)nc(-c3ccc(-n4c5ccccc5c5ccc6cc7ccn(-c8ccccc8)c7cc6c54)cc3)n2)cc1. The zero-order chi connectivity index (χ0) is 33.0. The predicted octanol–water partition coefficient (Wildman–Crippen LogP) is 11.7. The molecule has 3 heterocycles. The highest BCUT2D eigenvalue weighted by molar-refractivity contribution is 6.20. The number of hydrogen-bond donors (Lipinski definition) is 0. The molecule has 0 saturated carbocycles. The highest BCUT2D eigenvalue weighted by Crippen LogP contribution is 2.39. The molecule has 0 aliphatic carbocycles. The molecule has 4 nitrogen and oxygen atoms in total. The molecular weight excluding hydrogens is 609 g/mol. The average Bonchev–Trinajstić information content (AvgIpc) is 3.77. The van der Waals surface area contributed by atoms with Gasteiger partial charge < -0.3 is 9.13 Å². The van der Waals surface area contributed by atoms with Gasteiger partial charge in [0.05, 0.1) is 27.9 Å². The van der Waals surface area contributed by atoms with Crippen LogP contribution in [-0.2, 0) is 0 Å². The van der Waals surface area contributed by atoms with E-state index in [1.165, 1.54) is 43.5 Å². The van der Waals surface area contributed by atoms with Gasteiger partial charge in [0.25, 0.3) is 0 Å². The van der Waals surface area contributed by atoms with E-state index in [4.69, 9.17) is 9.97 Å². The van der Waals surface area contributed by atoms with E-state index >= 15 is 0 Å². The monoisotopic (exact) mass is 638 g/mol. The molecule has 7 aromatic carbocycles. The summed E-state index contributed by atoms with van der Waals surface area (Å²) in [6.45, 7) is 0. The van der Waals surface area contributed by atoms with Crippen LogP contribution in [-0.4, -0.2) is 19.1 Å². The summed E-state index contributed by atoms with van der Waals surface area (Å²) in [6.07, 6.45) is 2.17. The maximum absolute atomic E-state index is 5.07. The molecule has 4 heteroatoms. The molecule has 0 spiro atoms. The van der Waals surface area contributed by atoms with Gasteiger partial charge in [-0.25, -0.2) is 9.97 Å². The van der Waals surface area contributed by atoms with Crippen molar-refractivity contribution in [3.8, 4) is 45.3 Å². The molecule has 10 rings (SSSR count). The van der Waals surface area contributed by atoms with E-state index in [1.54, 1.807) is 0 Å². The Morgan fingerprint density at radius 2 is 1.02 bits per heavy atom. The van der Waals surface area contributed by atoms with E-state index in [9.17, 15) is 0 Å². The van der Waals surface area contributed by atoms with Crippen LogP contribution in [0.3, 0.4) is 0 Å². The Kier molecular flexibility index (Phi) is 6.46. The second-order valence-corrected chi connectivity index (χ2v) is 12.7. The zero-order valence-corrected chi connectivity index (χ0v) is 27.1. The second kappa shape index (κ2) is 11.4. The van der Waals surface area contributed by atoms with Gasteiger partial charge in [-0.2, -0.15) is 0 Å². The number of aromatic nitrogens is 4. The summed E-state index contributed by atoms with van der Waals surface area (Å²) in [5.41, 5.74) is 10.7. The molecule has 0 bridgehead atoms. The van der Waals surface area contributed by atoms with E-state index in [2.05, 4.69) is 155 Å². The van der Waals surface area contributed by atoms with Crippen LogP contribution < -0.4 is 0 Å². The molecule has 3 aromatic heterocycles. The van der Waals surface area contributed by atoms with Crippen LogP contribution in [0.25, 0.3) is 88.8 Å². The summed E-state index contributed by atoms with van der Waals surface area (Å²) < 4.78 is 4.69. The van der Waals surface area contributed by atoms with Gasteiger partial charge in [0.15, 0.2) is 5.82 Å². The molecule has 234 valence electrons. The third kappa shape index (κ3) is 4.61. The summed E-state index contributed by atoms with van der Waals surface area (Å²) in [5.74, 6) is 0.702. The fourth-order valence-corrected chi connectivity index (χ4v) is 7.35. The Balaban J connectivity index is 1.16. The van der Waals surface area contributed by atoms with E-state index in [0.717, 1.165) is 39.5 Å².